The lowest BCUT2D eigenvalue weighted by Gasteiger charge is -2.11. The van der Waals surface area contributed by atoms with E-state index in [-0.39, 0.29) is 5.91 Å². The van der Waals surface area contributed by atoms with E-state index in [2.05, 4.69) is 16.1 Å². The third-order valence-corrected chi connectivity index (χ3v) is 2.14. The molecule has 3 nitrogen and oxygen atoms in total. The summed E-state index contributed by atoms with van der Waals surface area (Å²) in [5, 5.41) is 0. The van der Waals surface area contributed by atoms with Gasteiger partial charge in [-0.2, -0.15) is 4.09 Å². The molecule has 0 aliphatic carbocycles. The molecule has 0 spiro atoms. The molecule has 0 atom stereocenters. The minimum Gasteiger partial charge on any atom is -0.272 e. The number of nitrogens with zero attached hydrogens (tertiary/aromatic N) is 1. The number of halogens is 1. The number of amides is 1. The van der Waals surface area contributed by atoms with Crippen LogP contribution in [0.4, 0.5) is 0 Å². The molecule has 1 rings (SSSR count). The van der Waals surface area contributed by atoms with Crippen LogP contribution < -0.4 is 0 Å². The predicted octanol–water partition coefficient (Wildman–Crippen LogP) is 2.28. The van der Waals surface area contributed by atoms with E-state index in [4.69, 9.17) is 4.84 Å². The van der Waals surface area contributed by atoms with Crippen LogP contribution in [0.15, 0.2) is 30.3 Å². The van der Waals surface area contributed by atoms with Crippen molar-refractivity contribution in [2.45, 2.75) is 13.5 Å². The number of rotatable bonds is 3. The van der Waals surface area contributed by atoms with Crippen molar-refractivity contribution in [2.24, 2.45) is 0 Å². The maximum atomic E-state index is 10.7. The first kappa shape index (κ1) is 10.2. The van der Waals surface area contributed by atoms with Gasteiger partial charge in [0.25, 0.3) is 5.91 Å². The van der Waals surface area contributed by atoms with Crippen LogP contribution in [-0.4, -0.2) is 10.00 Å². The van der Waals surface area contributed by atoms with Gasteiger partial charge in [0.15, 0.2) is 0 Å². The molecule has 0 radical (unpaired) electrons. The molecule has 1 aromatic carbocycles. The van der Waals surface area contributed by atoms with Crippen molar-refractivity contribution in [1.82, 2.24) is 4.09 Å². The Morgan fingerprint density at radius 3 is 2.62 bits per heavy atom. The van der Waals surface area contributed by atoms with Gasteiger partial charge in [-0.05, 0) is 5.56 Å². The molecule has 13 heavy (non-hydrogen) atoms. The van der Waals surface area contributed by atoms with Gasteiger partial charge in [-0.15, -0.1) is 0 Å². The van der Waals surface area contributed by atoms with Gasteiger partial charge in [0, 0.05) is 6.92 Å². The van der Waals surface area contributed by atoms with Crippen LogP contribution in [0.2, 0.25) is 0 Å². The minimum absolute atomic E-state index is 0.184. The Balaban J connectivity index is 2.39. The van der Waals surface area contributed by atoms with Crippen LogP contribution >= 0.6 is 16.1 Å². The Morgan fingerprint density at radius 1 is 1.46 bits per heavy atom. The maximum absolute atomic E-state index is 10.7. The van der Waals surface area contributed by atoms with E-state index in [1.54, 1.807) is 0 Å². The van der Waals surface area contributed by atoms with Gasteiger partial charge in [-0.3, -0.25) is 9.63 Å². The van der Waals surface area contributed by atoms with Gasteiger partial charge in [0.1, 0.15) is 6.61 Å². The molecule has 0 N–H and O–H groups in total. The van der Waals surface area contributed by atoms with E-state index < -0.39 is 0 Å². The monoisotopic (exact) mass is 243 g/mol. The van der Waals surface area contributed by atoms with E-state index in [1.165, 1.54) is 6.92 Å². The van der Waals surface area contributed by atoms with Crippen LogP contribution in [0, 0.1) is 0 Å². The van der Waals surface area contributed by atoms with Crippen molar-refractivity contribution in [3.63, 3.8) is 0 Å². The summed E-state index contributed by atoms with van der Waals surface area (Å²) >= 11 is 2.96. The lowest BCUT2D eigenvalue weighted by molar-refractivity contribution is -0.154. The third-order valence-electron chi connectivity index (χ3n) is 1.43. The molecule has 70 valence electrons. The van der Waals surface area contributed by atoms with Gasteiger partial charge in [0.05, 0.1) is 16.1 Å². The number of hydrogen-bond donors (Lipinski definition) is 0. The number of benzene rings is 1. The first-order chi connectivity index (χ1) is 6.20. The lowest BCUT2D eigenvalue weighted by Crippen LogP contribution is -2.17. The molecule has 0 aliphatic rings. The molecule has 0 heterocycles. The van der Waals surface area contributed by atoms with Gasteiger partial charge in [0.2, 0.25) is 0 Å². The molecule has 0 aliphatic heterocycles. The molecular formula is C9H10BrNO2. The van der Waals surface area contributed by atoms with Gasteiger partial charge < -0.3 is 0 Å². The number of hydroxylamine groups is 1. The summed E-state index contributed by atoms with van der Waals surface area (Å²) in [5.41, 5.74) is 1.02. The third kappa shape index (κ3) is 3.57. The highest BCUT2D eigenvalue weighted by Gasteiger charge is 2.03. The second kappa shape index (κ2) is 4.99. The molecule has 1 aromatic rings. The lowest BCUT2D eigenvalue weighted by atomic mass is 10.2. The maximum Gasteiger partial charge on any atom is 0.253 e. The van der Waals surface area contributed by atoms with Crippen LogP contribution in [0.3, 0.4) is 0 Å². The fraction of sp³-hybridized carbons (Fsp3) is 0.222. The van der Waals surface area contributed by atoms with Crippen LogP contribution in [0.25, 0.3) is 0 Å². The summed E-state index contributed by atoms with van der Waals surface area (Å²) in [6.45, 7) is 1.80. The zero-order chi connectivity index (χ0) is 9.68. The summed E-state index contributed by atoms with van der Waals surface area (Å²) in [6, 6.07) is 9.64. The highest BCUT2D eigenvalue weighted by molar-refractivity contribution is 9.07. The molecule has 4 heteroatoms. The normalized spacial score (nSPS) is 9.69. The van der Waals surface area contributed by atoms with Gasteiger partial charge in [-0.1, -0.05) is 30.3 Å². The number of carbonyl (C=O) groups is 1. The van der Waals surface area contributed by atoms with Crippen LogP contribution in [0.1, 0.15) is 12.5 Å². The summed E-state index contributed by atoms with van der Waals surface area (Å²) in [4.78, 5) is 15.8. The first-order valence-electron chi connectivity index (χ1n) is 3.83. The first-order valence-corrected chi connectivity index (χ1v) is 4.54. The Labute approximate surface area is 85.6 Å². The molecular weight excluding hydrogens is 234 g/mol. The van der Waals surface area contributed by atoms with Crippen LogP contribution in [-0.2, 0) is 16.2 Å². The molecule has 0 unspecified atom stereocenters. The predicted molar refractivity (Wildman–Crippen MR) is 52.7 cm³/mol. The summed E-state index contributed by atoms with van der Waals surface area (Å²) in [5.74, 6) is -0.184. The minimum atomic E-state index is -0.184. The smallest absolute Gasteiger partial charge is 0.253 e. The zero-order valence-electron chi connectivity index (χ0n) is 7.24. The van der Waals surface area contributed by atoms with Crippen molar-refractivity contribution in [1.29, 1.82) is 0 Å². The highest BCUT2D eigenvalue weighted by Crippen LogP contribution is 2.06. The van der Waals surface area contributed by atoms with Gasteiger partial charge in [-0.25, -0.2) is 0 Å². The van der Waals surface area contributed by atoms with Crippen LogP contribution in [0.5, 0.6) is 0 Å². The zero-order valence-corrected chi connectivity index (χ0v) is 8.82. The summed E-state index contributed by atoms with van der Waals surface area (Å²) in [6.07, 6.45) is 0. The fourth-order valence-corrected chi connectivity index (χ4v) is 0.899. The molecule has 0 bridgehead atoms. The Morgan fingerprint density at radius 2 is 2.08 bits per heavy atom. The Bertz CT molecular complexity index is 276. The van der Waals surface area contributed by atoms with Gasteiger partial charge >= 0.3 is 0 Å². The van der Waals surface area contributed by atoms with Crippen molar-refractivity contribution < 1.29 is 9.63 Å². The summed E-state index contributed by atoms with van der Waals surface area (Å²) < 4.78 is 1.04. The Hall–Kier alpha value is -0.870. The second-order valence-electron chi connectivity index (χ2n) is 2.52. The van der Waals surface area contributed by atoms with E-state index in [0.717, 1.165) is 9.65 Å². The van der Waals surface area contributed by atoms with Crippen molar-refractivity contribution >= 4 is 22.1 Å². The van der Waals surface area contributed by atoms with E-state index >= 15 is 0 Å². The average molecular weight is 244 g/mol. The van der Waals surface area contributed by atoms with Crippen molar-refractivity contribution in [2.75, 3.05) is 0 Å². The number of carbonyl (C=O) groups excluding carboxylic acids is 1. The standard InChI is InChI=1S/C9H10BrNO2/c1-8(12)11(10)13-7-9-5-3-2-4-6-9/h2-6H,7H2,1H3. The fourth-order valence-electron chi connectivity index (χ4n) is 0.796. The number of hydrogen-bond acceptors (Lipinski definition) is 2. The topological polar surface area (TPSA) is 29.5 Å². The molecule has 0 saturated heterocycles. The average Bonchev–Trinajstić information content (AvgIpc) is 2.15. The van der Waals surface area contributed by atoms with Crippen molar-refractivity contribution in [3.05, 3.63) is 35.9 Å². The quantitative estimate of drug-likeness (QED) is 0.603. The summed E-state index contributed by atoms with van der Waals surface area (Å²) in [7, 11) is 0. The SMILES string of the molecule is CC(=O)N(Br)OCc1ccccc1. The van der Waals surface area contributed by atoms with E-state index in [0.29, 0.717) is 6.61 Å². The highest BCUT2D eigenvalue weighted by atomic mass is 79.9. The van der Waals surface area contributed by atoms with E-state index in [9.17, 15) is 4.79 Å². The second-order valence-corrected chi connectivity index (χ2v) is 3.17. The molecule has 1 amide bonds. The van der Waals surface area contributed by atoms with Crippen molar-refractivity contribution in [3.8, 4) is 0 Å². The molecule has 0 saturated carbocycles. The largest absolute Gasteiger partial charge is 0.272 e. The molecule has 0 aromatic heterocycles. The Kier molecular flexibility index (Phi) is 3.92. The van der Waals surface area contributed by atoms with E-state index in [1.807, 2.05) is 30.3 Å². The molecule has 0 fully saturated rings.